The second-order valence-corrected chi connectivity index (χ2v) is 6.24. The maximum atomic E-state index is 11.3. The molecule has 1 saturated heterocycles. The summed E-state index contributed by atoms with van der Waals surface area (Å²) in [4.78, 5) is 20.0. The molecule has 6 heteroatoms. The summed E-state index contributed by atoms with van der Waals surface area (Å²) >= 11 is 0. The first-order valence-electron chi connectivity index (χ1n) is 8.47. The Morgan fingerprint density at radius 1 is 1.20 bits per heavy atom. The van der Waals surface area contributed by atoms with Crippen LogP contribution < -0.4 is 15.4 Å². The molecule has 0 bridgehead atoms. The summed E-state index contributed by atoms with van der Waals surface area (Å²) in [6, 6.07) is 12.3. The number of aromatic nitrogens is 1. The van der Waals surface area contributed by atoms with Gasteiger partial charge in [0.15, 0.2) is 0 Å². The highest BCUT2D eigenvalue weighted by Crippen LogP contribution is 2.26. The van der Waals surface area contributed by atoms with Gasteiger partial charge in [-0.1, -0.05) is 12.1 Å². The van der Waals surface area contributed by atoms with Gasteiger partial charge in [0.2, 0.25) is 0 Å². The Morgan fingerprint density at radius 3 is 2.64 bits per heavy atom. The lowest BCUT2D eigenvalue weighted by Gasteiger charge is -2.39. The van der Waals surface area contributed by atoms with E-state index in [0.717, 1.165) is 37.6 Å². The second kappa shape index (κ2) is 7.53. The molecule has 6 nitrogen and oxygen atoms in total. The van der Waals surface area contributed by atoms with Crippen molar-refractivity contribution in [1.82, 2.24) is 9.88 Å². The number of carbonyl (C=O) groups is 1. The second-order valence-electron chi connectivity index (χ2n) is 6.24. The van der Waals surface area contributed by atoms with Crippen LogP contribution in [-0.2, 0) is 0 Å². The quantitative estimate of drug-likeness (QED) is 0.902. The van der Waals surface area contributed by atoms with Gasteiger partial charge in [0.05, 0.1) is 7.11 Å². The van der Waals surface area contributed by atoms with Gasteiger partial charge in [0, 0.05) is 44.1 Å². The number of anilines is 1. The molecule has 0 unspecified atom stereocenters. The molecule has 2 aromatic rings. The molecule has 1 aromatic carbocycles. The highest BCUT2D eigenvalue weighted by Gasteiger charge is 2.23. The molecule has 1 aliphatic rings. The minimum atomic E-state index is -0.493. The summed E-state index contributed by atoms with van der Waals surface area (Å²) in [6.45, 7) is 5.92. The number of amides is 1. The molecular weight excluding hydrogens is 316 g/mol. The number of ether oxygens (including phenoxy) is 1. The van der Waals surface area contributed by atoms with Gasteiger partial charge in [-0.3, -0.25) is 14.7 Å². The highest BCUT2D eigenvalue weighted by molar-refractivity contribution is 5.91. The summed E-state index contributed by atoms with van der Waals surface area (Å²) < 4.78 is 5.33. The number of hydrogen-bond acceptors (Lipinski definition) is 5. The first kappa shape index (κ1) is 17.2. The lowest BCUT2D eigenvalue weighted by Crippen LogP contribution is -2.47. The van der Waals surface area contributed by atoms with Gasteiger partial charge >= 0.3 is 0 Å². The molecule has 3 rings (SSSR count). The van der Waals surface area contributed by atoms with Crippen molar-refractivity contribution >= 4 is 11.6 Å². The van der Waals surface area contributed by atoms with Crippen molar-refractivity contribution in [2.75, 3.05) is 38.2 Å². The summed E-state index contributed by atoms with van der Waals surface area (Å²) in [5, 5.41) is 0. The Labute approximate surface area is 148 Å². The molecule has 1 aromatic heterocycles. The number of nitrogens with zero attached hydrogens (tertiary/aromatic N) is 3. The van der Waals surface area contributed by atoms with Gasteiger partial charge < -0.3 is 15.4 Å². The predicted molar refractivity (Wildman–Crippen MR) is 97.9 cm³/mol. The molecule has 0 radical (unpaired) electrons. The number of benzene rings is 1. The van der Waals surface area contributed by atoms with Gasteiger partial charge in [0.25, 0.3) is 5.91 Å². The lowest BCUT2D eigenvalue weighted by atomic mass is 10.1. The third-order valence-corrected chi connectivity index (χ3v) is 4.80. The standard InChI is InChI=1S/C19H24N4O2/c1-14(15-4-3-5-17(12-15)25-2)22-8-10-23(11-9-22)16-6-7-21-18(13-16)19(20)24/h3-7,12-14H,8-11H2,1-2H3,(H2,20,24)/t14-/m1/s1. The van der Waals surface area contributed by atoms with Gasteiger partial charge in [-0.15, -0.1) is 0 Å². The third kappa shape index (κ3) is 3.91. The monoisotopic (exact) mass is 340 g/mol. The Balaban J connectivity index is 1.65. The average molecular weight is 340 g/mol. The number of hydrogen-bond donors (Lipinski definition) is 1. The van der Waals surface area contributed by atoms with E-state index in [2.05, 4.69) is 33.8 Å². The van der Waals surface area contributed by atoms with Crippen LogP contribution in [0.25, 0.3) is 0 Å². The number of rotatable bonds is 5. The molecular formula is C19H24N4O2. The highest BCUT2D eigenvalue weighted by atomic mass is 16.5. The number of pyridine rings is 1. The zero-order valence-corrected chi connectivity index (χ0v) is 14.7. The zero-order chi connectivity index (χ0) is 17.8. The topological polar surface area (TPSA) is 71.7 Å². The van der Waals surface area contributed by atoms with Crippen LogP contribution in [0.1, 0.15) is 29.0 Å². The fourth-order valence-corrected chi connectivity index (χ4v) is 3.23. The molecule has 1 amide bonds. The minimum Gasteiger partial charge on any atom is -0.497 e. The third-order valence-electron chi connectivity index (χ3n) is 4.80. The number of primary amides is 1. The van der Waals surface area contributed by atoms with Crippen LogP contribution in [0.4, 0.5) is 5.69 Å². The lowest BCUT2D eigenvalue weighted by molar-refractivity contribution is 0.0995. The maximum Gasteiger partial charge on any atom is 0.267 e. The molecule has 2 N–H and O–H groups in total. The number of piperazine rings is 1. The van der Waals surface area contributed by atoms with Crippen molar-refractivity contribution in [2.45, 2.75) is 13.0 Å². The fraction of sp³-hybridized carbons (Fsp3) is 0.368. The molecule has 1 fully saturated rings. The van der Waals surface area contributed by atoms with Gasteiger partial charge in [-0.25, -0.2) is 0 Å². The normalized spacial score (nSPS) is 16.5. The average Bonchev–Trinajstić information content (AvgIpc) is 2.67. The summed E-state index contributed by atoms with van der Waals surface area (Å²) in [6.07, 6.45) is 1.64. The van der Waals surface area contributed by atoms with Crippen molar-refractivity contribution in [3.05, 3.63) is 53.9 Å². The number of nitrogens with two attached hydrogens (primary N) is 1. The van der Waals surface area contributed by atoms with Crippen LogP contribution in [0.5, 0.6) is 5.75 Å². The van der Waals surface area contributed by atoms with E-state index < -0.39 is 5.91 Å². The van der Waals surface area contributed by atoms with Crippen LogP contribution in [0.2, 0.25) is 0 Å². The first-order chi connectivity index (χ1) is 12.1. The molecule has 132 valence electrons. The van der Waals surface area contributed by atoms with E-state index in [-0.39, 0.29) is 0 Å². The van der Waals surface area contributed by atoms with E-state index in [1.165, 1.54) is 5.56 Å². The van der Waals surface area contributed by atoms with Crippen LogP contribution >= 0.6 is 0 Å². The Morgan fingerprint density at radius 2 is 1.96 bits per heavy atom. The van der Waals surface area contributed by atoms with E-state index in [9.17, 15) is 4.79 Å². The number of methoxy groups -OCH3 is 1. The largest absolute Gasteiger partial charge is 0.497 e. The fourth-order valence-electron chi connectivity index (χ4n) is 3.23. The van der Waals surface area contributed by atoms with Crippen molar-refractivity contribution < 1.29 is 9.53 Å². The molecule has 0 saturated carbocycles. The van der Waals surface area contributed by atoms with Crippen molar-refractivity contribution in [3.8, 4) is 5.75 Å². The minimum absolute atomic E-state index is 0.310. The summed E-state index contributed by atoms with van der Waals surface area (Å²) in [7, 11) is 1.69. The van der Waals surface area contributed by atoms with E-state index in [1.807, 2.05) is 18.2 Å². The van der Waals surface area contributed by atoms with Crippen molar-refractivity contribution in [1.29, 1.82) is 0 Å². The summed E-state index contributed by atoms with van der Waals surface area (Å²) in [5.41, 5.74) is 7.89. The van der Waals surface area contributed by atoms with Crippen LogP contribution in [0.15, 0.2) is 42.6 Å². The molecule has 2 heterocycles. The van der Waals surface area contributed by atoms with Crippen molar-refractivity contribution in [2.24, 2.45) is 5.73 Å². The van der Waals surface area contributed by atoms with Crippen LogP contribution in [-0.4, -0.2) is 49.1 Å². The maximum absolute atomic E-state index is 11.3. The van der Waals surface area contributed by atoms with Gasteiger partial charge in [-0.2, -0.15) is 0 Å². The van der Waals surface area contributed by atoms with E-state index in [1.54, 1.807) is 19.4 Å². The van der Waals surface area contributed by atoms with Crippen LogP contribution in [0, 0.1) is 0 Å². The predicted octanol–water partition coefficient (Wildman–Crippen LogP) is 2.07. The summed E-state index contributed by atoms with van der Waals surface area (Å²) in [5.74, 6) is 0.394. The molecule has 25 heavy (non-hydrogen) atoms. The first-order valence-corrected chi connectivity index (χ1v) is 8.47. The Bertz CT molecular complexity index is 742. The van der Waals surface area contributed by atoms with Crippen molar-refractivity contribution in [3.63, 3.8) is 0 Å². The molecule has 0 aliphatic carbocycles. The van der Waals surface area contributed by atoms with E-state index in [0.29, 0.717) is 11.7 Å². The zero-order valence-electron chi connectivity index (χ0n) is 14.7. The molecule has 1 atom stereocenters. The molecule has 0 spiro atoms. The number of carbonyl (C=O) groups excluding carboxylic acids is 1. The smallest absolute Gasteiger partial charge is 0.267 e. The Kier molecular flexibility index (Phi) is 5.19. The van der Waals surface area contributed by atoms with Gasteiger partial charge in [0.1, 0.15) is 11.4 Å². The van der Waals surface area contributed by atoms with Crippen LogP contribution in [0.3, 0.4) is 0 Å². The van der Waals surface area contributed by atoms with Gasteiger partial charge in [-0.05, 0) is 36.8 Å². The van der Waals surface area contributed by atoms with E-state index in [4.69, 9.17) is 10.5 Å². The molecule has 1 aliphatic heterocycles. The van der Waals surface area contributed by atoms with E-state index >= 15 is 0 Å². The Hall–Kier alpha value is -2.60. The SMILES string of the molecule is COc1cccc([C@@H](C)N2CCN(c3ccnc(C(N)=O)c3)CC2)c1.